The zero-order valence-corrected chi connectivity index (χ0v) is 9.34. The largest absolute Gasteiger partial charge is 0.315 e. The molecule has 0 saturated carbocycles. The molecule has 0 spiro atoms. The Balaban J connectivity index is 2.20. The molecule has 4 heteroatoms. The maximum Gasteiger partial charge on any atom is 0.0764 e. The molecule has 1 aliphatic heterocycles. The lowest BCUT2D eigenvalue weighted by molar-refractivity contribution is 0.486. The lowest BCUT2D eigenvalue weighted by Gasteiger charge is -2.07. The van der Waals surface area contributed by atoms with Gasteiger partial charge in [-0.15, -0.1) is 0 Å². The first-order valence-electron chi connectivity index (χ1n) is 4.75. The summed E-state index contributed by atoms with van der Waals surface area (Å²) in [4.78, 5) is 0. The number of aryl methyl sites for hydroxylation is 1. The Morgan fingerprint density at radius 1 is 1.77 bits per heavy atom. The predicted octanol–water partition coefficient (Wildman–Crippen LogP) is 1.74. The van der Waals surface area contributed by atoms with Gasteiger partial charge in [-0.25, -0.2) is 0 Å². The highest BCUT2D eigenvalue weighted by atomic mass is 79.9. The fourth-order valence-electron chi connectivity index (χ4n) is 1.70. The van der Waals surface area contributed by atoms with Crippen LogP contribution in [0.1, 0.15) is 25.1 Å². The van der Waals surface area contributed by atoms with Crippen molar-refractivity contribution in [2.24, 2.45) is 0 Å². The Kier molecular flexibility index (Phi) is 2.69. The van der Waals surface area contributed by atoms with E-state index in [1.807, 2.05) is 0 Å². The summed E-state index contributed by atoms with van der Waals surface area (Å²) in [6.45, 7) is 4.30. The van der Waals surface area contributed by atoms with E-state index in [-0.39, 0.29) is 0 Å². The fourth-order valence-corrected chi connectivity index (χ4v) is 2.27. The van der Waals surface area contributed by atoms with Gasteiger partial charge in [-0.3, -0.25) is 4.68 Å². The molecule has 1 aromatic rings. The third kappa shape index (κ3) is 1.79. The number of hydrogen-bond acceptors (Lipinski definition) is 2. The summed E-state index contributed by atoms with van der Waals surface area (Å²) in [7, 11) is 0. The van der Waals surface area contributed by atoms with Crippen LogP contribution in [0, 0.1) is 0 Å². The van der Waals surface area contributed by atoms with Gasteiger partial charge in [0.2, 0.25) is 0 Å². The van der Waals surface area contributed by atoms with Crippen molar-refractivity contribution in [3.05, 3.63) is 16.4 Å². The van der Waals surface area contributed by atoms with Crippen LogP contribution >= 0.6 is 15.9 Å². The van der Waals surface area contributed by atoms with Crippen LogP contribution in [0.4, 0.5) is 0 Å². The van der Waals surface area contributed by atoms with E-state index in [2.05, 4.69) is 44.1 Å². The highest BCUT2D eigenvalue weighted by Crippen LogP contribution is 2.20. The van der Waals surface area contributed by atoms with Crippen molar-refractivity contribution in [3.63, 3.8) is 0 Å². The van der Waals surface area contributed by atoms with Crippen molar-refractivity contribution >= 4 is 15.9 Å². The standard InChI is InChI=1S/C9H14BrN3/c1-2-9-8(10)6-13(12-9)7-3-4-11-5-7/h6-7,11H,2-5H2,1H3. The molecule has 0 bridgehead atoms. The minimum absolute atomic E-state index is 0.552. The minimum atomic E-state index is 0.552. The second-order valence-electron chi connectivity index (χ2n) is 3.40. The summed E-state index contributed by atoms with van der Waals surface area (Å²) in [5.74, 6) is 0. The fraction of sp³-hybridized carbons (Fsp3) is 0.667. The third-order valence-corrected chi connectivity index (χ3v) is 3.16. The van der Waals surface area contributed by atoms with Crippen molar-refractivity contribution in [2.75, 3.05) is 13.1 Å². The lowest BCUT2D eigenvalue weighted by atomic mass is 10.3. The van der Waals surface area contributed by atoms with E-state index in [1.165, 1.54) is 6.42 Å². The SMILES string of the molecule is CCc1nn(C2CCNC2)cc1Br. The van der Waals surface area contributed by atoms with Gasteiger partial charge in [0, 0.05) is 12.7 Å². The second kappa shape index (κ2) is 3.80. The van der Waals surface area contributed by atoms with E-state index in [4.69, 9.17) is 0 Å². The molecule has 1 fully saturated rings. The Morgan fingerprint density at radius 3 is 3.15 bits per heavy atom. The summed E-state index contributed by atoms with van der Waals surface area (Å²) in [5, 5.41) is 7.88. The first-order valence-corrected chi connectivity index (χ1v) is 5.54. The third-order valence-electron chi connectivity index (χ3n) is 2.50. The predicted molar refractivity (Wildman–Crippen MR) is 55.8 cm³/mol. The minimum Gasteiger partial charge on any atom is -0.315 e. The molecular weight excluding hydrogens is 230 g/mol. The maximum atomic E-state index is 4.54. The Morgan fingerprint density at radius 2 is 2.62 bits per heavy atom. The van der Waals surface area contributed by atoms with Gasteiger partial charge < -0.3 is 5.32 Å². The molecule has 2 heterocycles. The normalized spacial score (nSPS) is 22.5. The molecule has 1 aliphatic rings. The van der Waals surface area contributed by atoms with Crippen LogP contribution in [0.25, 0.3) is 0 Å². The quantitative estimate of drug-likeness (QED) is 0.858. The van der Waals surface area contributed by atoms with Crippen molar-refractivity contribution in [1.29, 1.82) is 0 Å². The second-order valence-corrected chi connectivity index (χ2v) is 4.26. The highest BCUT2D eigenvalue weighted by molar-refractivity contribution is 9.10. The van der Waals surface area contributed by atoms with Gasteiger partial charge in [0.15, 0.2) is 0 Å². The monoisotopic (exact) mass is 243 g/mol. The van der Waals surface area contributed by atoms with E-state index in [1.54, 1.807) is 0 Å². The van der Waals surface area contributed by atoms with E-state index in [0.717, 1.165) is 29.7 Å². The number of halogens is 1. The molecule has 0 amide bonds. The average molecular weight is 244 g/mol. The molecule has 1 aromatic heterocycles. The molecule has 0 radical (unpaired) electrons. The molecule has 13 heavy (non-hydrogen) atoms. The zero-order valence-electron chi connectivity index (χ0n) is 7.76. The number of aromatic nitrogens is 2. The molecule has 3 nitrogen and oxygen atoms in total. The van der Waals surface area contributed by atoms with Crippen LogP contribution in [-0.2, 0) is 6.42 Å². The highest BCUT2D eigenvalue weighted by Gasteiger charge is 2.18. The van der Waals surface area contributed by atoms with E-state index >= 15 is 0 Å². The summed E-state index contributed by atoms with van der Waals surface area (Å²) in [5.41, 5.74) is 1.16. The first kappa shape index (κ1) is 9.21. The van der Waals surface area contributed by atoms with Crippen LogP contribution in [0.3, 0.4) is 0 Å². The van der Waals surface area contributed by atoms with E-state index < -0.39 is 0 Å². The van der Waals surface area contributed by atoms with Crippen LogP contribution in [0.5, 0.6) is 0 Å². The molecular formula is C9H14BrN3. The number of nitrogens with one attached hydrogen (secondary N) is 1. The molecule has 1 atom stereocenters. The van der Waals surface area contributed by atoms with Gasteiger partial charge in [-0.05, 0) is 35.3 Å². The van der Waals surface area contributed by atoms with Crippen LogP contribution < -0.4 is 5.32 Å². The average Bonchev–Trinajstić information content (AvgIpc) is 2.71. The van der Waals surface area contributed by atoms with Gasteiger partial charge in [0.05, 0.1) is 16.2 Å². The van der Waals surface area contributed by atoms with Gasteiger partial charge >= 0.3 is 0 Å². The molecule has 1 saturated heterocycles. The summed E-state index contributed by atoms with van der Waals surface area (Å²) < 4.78 is 3.23. The maximum absolute atomic E-state index is 4.54. The van der Waals surface area contributed by atoms with Crippen molar-refractivity contribution in [2.45, 2.75) is 25.8 Å². The Bertz CT molecular complexity index is 289. The van der Waals surface area contributed by atoms with Crippen LogP contribution in [0.15, 0.2) is 10.7 Å². The Hall–Kier alpha value is -0.350. The van der Waals surface area contributed by atoms with Gasteiger partial charge in [0.1, 0.15) is 0 Å². The molecule has 0 aliphatic carbocycles. The molecule has 1 N–H and O–H groups in total. The molecule has 72 valence electrons. The smallest absolute Gasteiger partial charge is 0.0764 e. The molecule has 1 unspecified atom stereocenters. The van der Waals surface area contributed by atoms with Crippen molar-refractivity contribution in [1.82, 2.24) is 15.1 Å². The first-order chi connectivity index (χ1) is 6.31. The number of rotatable bonds is 2. The van der Waals surface area contributed by atoms with Crippen LogP contribution in [-0.4, -0.2) is 22.9 Å². The molecule has 0 aromatic carbocycles. The Labute approximate surface area is 86.6 Å². The number of hydrogen-bond donors (Lipinski definition) is 1. The van der Waals surface area contributed by atoms with Crippen molar-refractivity contribution in [3.8, 4) is 0 Å². The summed E-state index contributed by atoms with van der Waals surface area (Å²) in [6, 6.07) is 0.552. The van der Waals surface area contributed by atoms with Crippen LogP contribution in [0.2, 0.25) is 0 Å². The van der Waals surface area contributed by atoms with Gasteiger partial charge in [-0.2, -0.15) is 5.10 Å². The lowest BCUT2D eigenvalue weighted by Crippen LogP contribution is -2.13. The van der Waals surface area contributed by atoms with Gasteiger partial charge in [-0.1, -0.05) is 6.92 Å². The number of nitrogens with zero attached hydrogens (tertiary/aromatic N) is 2. The molecule has 2 rings (SSSR count). The van der Waals surface area contributed by atoms with Crippen molar-refractivity contribution < 1.29 is 0 Å². The summed E-state index contributed by atoms with van der Waals surface area (Å²) in [6.07, 6.45) is 4.28. The zero-order chi connectivity index (χ0) is 9.26. The summed E-state index contributed by atoms with van der Waals surface area (Å²) >= 11 is 3.52. The van der Waals surface area contributed by atoms with E-state index in [9.17, 15) is 0 Å². The van der Waals surface area contributed by atoms with E-state index in [0.29, 0.717) is 6.04 Å². The van der Waals surface area contributed by atoms with Gasteiger partial charge in [0.25, 0.3) is 0 Å². The topological polar surface area (TPSA) is 29.9 Å².